The lowest BCUT2D eigenvalue weighted by molar-refractivity contribution is -0.138. The molecule has 1 fully saturated rings. The van der Waals surface area contributed by atoms with E-state index in [9.17, 15) is 23.1 Å². The molecule has 0 amide bonds. The SMILES string of the molecule is CN1CCN(Cc2ccc(CC(=O)c3cccc(C#Cc4nc(CO)cnc4N)c3)cc2C(F)(F)F)CC1. The van der Waals surface area contributed by atoms with Gasteiger partial charge in [0.1, 0.15) is 0 Å². The average molecular weight is 524 g/mol. The van der Waals surface area contributed by atoms with E-state index in [-0.39, 0.29) is 42.4 Å². The number of likely N-dealkylation sites (N-methyl/N-ethyl adjacent to an activating group) is 1. The number of carbonyl (C=O) groups excluding carboxylic acids is 1. The minimum Gasteiger partial charge on any atom is -0.390 e. The van der Waals surface area contributed by atoms with Crippen molar-refractivity contribution in [2.45, 2.75) is 25.7 Å². The summed E-state index contributed by atoms with van der Waals surface area (Å²) in [4.78, 5) is 25.2. The van der Waals surface area contributed by atoms with Crippen molar-refractivity contribution in [1.29, 1.82) is 0 Å². The summed E-state index contributed by atoms with van der Waals surface area (Å²) in [5.41, 5.74) is 6.94. The predicted octanol–water partition coefficient (Wildman–Crippen LogP) is 3.14. The Balaban J connectivity index is 1.51. The van der Waals surface area contributed by atoms with Crippen LogP contribution < -0.4 is 5.73 Å². The Bertz CT molecular complexity index is 1370. The third kappa shape index (κ3) is 6.95. The Morgan fingerprint density at radius 1 is 1.11 bits per heavy atom. The van der Waals surface area contributed by atoms with Crippen molar-refractivity contribution in [1.82, 2.24) is 19.8 Å². The highest BCUT2D eigenvalue weighted by atomic mass is 19.4. The first-order chi connectivity index (χ1) is 18.1. The van der Waals surface area contributed by atoms with Crippen LogP contribution in [0.4, 0.5) is 19.0 Å². The second-order valence-electron chi connectivity index (χ2n) is 9.25. The first-order valence-corrected chi connectivity index (χ1v) is 12.1. The molecule has 0 saturated carbocycles. The Labute approximate surface area is 219 Å². The predicted molar refractivity (Wildman–Crippen MR) is 137 cm³/mol. The third-order valence-electron chi connectivity index (χ3n) is 6.36. The summed E-state index contributed by atoms with van der Waals surface area (Å²) in [5.74, 6) is 5.44. The largest absolute Gasteiger partial charge is 0.416 e. The van der Waals surface area contributed by atoms with Crippen molar-refractivity contribution in [2.75, 3.05) is 39.0 Å². The smallest absolute Gasteiger partial charge is 0.390 e. The molecule has 0 radical (unpaired) electrons. The maximum atomic E-state index is 13.9. The first kappa shape index (κ1) is 27.3. The summed E-state index contributed by atoms with van der Waals surface area (Å²) in [6.07, 6.45) is -3.34. The highest BCUT2D eigenvalue weighted by Gasteiger charge is 2.34. The van der Waals surface area contributed by atoms with Crippen molar-refractivity contribution >= 4 is 11.6 Å². The normalized spacial score (nSPS) is 14.7. The molecule has 10 heteroatoms. The zero-order valence-corrected chi connectivity index (χ0v) is 20.9. The van der Waals surface area contributed by atoms with Crippen LogP contribution in [0.25, 0.3) is 0 Å². The second kappa shape index (κ2) is 11.7. The molecule has 1 aliphatic heterocycles. The van der Waals surface area contributed by atoms with Crippen LogP contribution >= 0.6 is 0 Å². The van der Waals surface area contributed by atoms with Crippen LogP contribution in [0.5, 0.6) is 0 Å². The number of nitrogens with two attached hydrogens (primary N) is 1. The number of Topliss-reactive ketones (excluding diaryl/α,β-unsaturated/α-hetero) is 1. The quantitative estimate of drug-likeness (QED) is 0.379. The fraction of sp³-hybridized carbons (Fsp3) is 0.321. The lowest BCUT2D eigenvalue weighted by atomic mass is 9.97. The van der Waals surface area contributed by atoms with Gasteiger partial charge in [-0.3, -0.25) is 9.69 Å². The number of hydrogen-bond donors (Lipinski definition) is 2. The number of alkyl halides is 3. The number of ketones is 1. The zero-order valence-electron chi connectivity index (χ0n) is 20.9. The number of hydrogen-bond acceptors (Lipinski definition) is 7. The Hall–Kier alpha value is -3.78. The van der Waals surface area contributed by atoms with Gasteiger partial charge in [-0.1, -0.05) is 30.2 Å². The van der Waals surface area contributed by atoms with Crippen LogP contribution in [0.15, 0.2) is 48.7 Å². The maximum absolute atomic E-state index is 13.9. The number of piperazine rings is 1. The van der Waals surface area contributed by atoms with Crippen LogP contribution in [0.1, 0.15) is 44.0 Å². The van der Waals surface area contributed by atoms with Gasteiger partial charge in [0.25, 0.3) is 0 Å². The number of nitrogens with zero attached hydrogens (tertiary/aromatic N) is 4. The number of halogens is 3. The molecule has 0 aliphatic carbocycles. The lowest BCUT2D eigenvalue weighted by Gasteiger charge is -2.33. The van der Waals surface area contributed by atoms with Gasteiger partial charge < -0.3 is 15.7 Å². The van der Waals surface area contributed by atoms with Crippen LogP contribution in [-0.2, 0) is 25.7 Å². The van der Waals surface area contributed by atoms with Gasteiger partial charge in [0, 0.05) is 50.3 Å². The molecule has 0 atom stereocenters. The summed E-state index contributed by atoms with van der Waals surface area (Å²) >= 11 is 0. The maximum Gasteiger partial charge on any atom is 0.416 e. The van der Waals surface area contributed by atoms with E-state index in [2.05, 4.69) is 26.7 Å². The molecule has 4 rings (SSSR count). The van der Waals surface area contributed by atoms with E-state index >= 15 is 0 Å². The number of benzene rings is 2. The molecule has 38 heavy (non-hydrogen) atoms. The van der Waals surface area contributed by atoms with Crippen molar-refractivity contribution in [3.05, 3.63) is 87.9 Å². The molecule has 3 aromatic rings. The van der Waals surface area contributed by atoms with Gasteiger partial charge in [0.2, 0.25) is 0 Å². The molecule has 3 N–H and O–H groups in total. The number of nitrogen functional groups attached to an aromatic ring is 1. The molecule has 2 heterocycles. The van der Waals surface area contributed by atoms with Gasteiger partial charge in [-0.15, -0.1) is 0 Å². The van der Waals surface area contributed by atoms with E-state index < -0.39 is 11.7 Å². The van der Waals surface area contributed by atoms with Crippen molar-refractivity contribution < 1.29 is 23.1 Å². The summed E-state index contributed by atoms with van der Waals surface area (Å²) in [6.45, 7) is 2.95. The van der Waals surface area contributed by atoms with Gasteiger partial charge in [-0.2, -0.15) is 13.2 Å². The molecule has 2 aromatic carbocycles. The van der Waals surface area contributed by atoms with Crippen LogP contribution in [-0.4, -0.2) is 63.9 Å². The number of rotatable bonds is 6. The fourth-order valence-corrected chi connectivity index (χ4v) is 4.17. The topological polar surface area (TPSA) is 95.6 Å². The number of aromatic nitrogens is 2. The van der Waals surface area contributed by atoms with Crippen molar-refractivity contribution in [3.63, 3.8) is 0 Å². The molecule has 1 saturated heterocycles. The molecular formula is C28H28F3N5O2. The highest BCUT2D eigenvalue weighted by molar-refractivity contribution is 5.97. The van der Waals surface area contributed by atoms with E-state index in [1.54, 1.807) is 30.3 Å². The first-order valence-electron chi connectivity index (χ1n) is 12.1. The number of anilines is 1. The van der Waals surface area contributed by atoms with Gasteiger partial charge in [-0.05, 0) is 42.3 Å². The van der Waals surface area contributed by atoms with E-state index in [4.69, 9.17) is 5.73 Å². The van der Waals surface area contributed by atoms with Gasteiger partial charge >= 0.3 is 6.18 Å². The summed E-state index contributed by atoms with van der Waals surface area (Å²) in [5, 5.41) is 9.22. The van der Waals surface area contributed by atoms with Crippen molar-refractivity contribution in [2.24, 2.45) is 0 Å². The second-order valence-corrected chi connectivity index (χ2v) is 9.25. The van der Waals surface area contributed by atoms with E-state index in [0.29, 0.717) is 35.5 Å². The molecule has 0 bridgehead atoms. The fourth-order valence-electron chi connectivity index (χ4n) is 4.17. The number of aliphatic hydroxyl groups excluding tert-OH is 1. The Kier molecular flexibility index (Phi) is 8.42. The molecule has 1 aromatic heterocycles. The Morgan fingerprint density at radius 3 is 2.58 bits per heavy atom. The lowest BCUT2D eigenvalue weighted by Crippen LogP contribution is -2.44. The van der Waals surface area contributed by atoms with Crippen molar-refractivity contribution in [3.8, 4) is 11.8 Å². The molecular weight excluding hydrogens is 495 g/mol. The molecule has 7 nitrogen and oxygen atoms in total. The van der Waals surface area contributed by atoms with E-state index in [1.165, 1.54) is 12.3 Å². The summed E-state index contributed by atoms with van der Waals surface area (Å²) < 4.78 is 41.7. The van der Waals surface area contributed by atoms with E-state index in [0.717, 1.165) is 19.2 Å². The molecule has 1 aliphatic rings. The van der Waals surface area contributed by atoms with Gasteiger partial charge in [-0.25, -0.2) is 9.97 Å². The zero-order chi connectivity index (χ0) is 27.3. The molecule has 0 unspecified atom stereocenters. The minimum atomic E-state index is -4.52. The molecule has 0 spiro atoms. The molecule has 198 valence electrons. The summed E-state index contributed by atoms with van der Waals surface area (Å²) in [6, 6.07) is 10.7. The highest BCUT2D eigenvalue weighted by Crippen LogP contribution is 2.34. The number of carbonyl (C=O) groups is 1. The van der Waals surface area contributed by atoms with Crippen LogP contribution in [0.3, 0.4) is 0 Å². The minimum absolute atomic E-state index is 0.110. The third-order valence-corrected chi connectivity index (χ3v) is 6.36. The average Bonchev–Trinajstić information content (AvgIpc) is 2.90. The van der Waals surface area contributed by atoms with Crippen LogP contribution in [0.2, 0.25) is 0 Å². The standard InChI is InChI=1S/C28H28F3N5O2/c1-35-9-11-36(12-10-35)17-22-7-5-20(14-24(22)28(29,30)31)15-26(38)21-4-2-3-19(13-21)6-8-25-27(32)33-16-23(18-37)34-25/h2-5,7,13-14,16,37H,9-12,15,17-18H2,1H3,(H2,32,33). The Morgan fingerprint density at radius 2 is 1.87 bits per heavy atom. The monoisotopic (exact) mass is 523 g/mol. The van der Waals surface area contributed by atoms with Crippen LogP contribution in [0, 0.1) is 11.8 Å². The summed E-state index contributed by atoms with van der Waals surface area (Å²) in [7, 11) is 1.99. The van der Waals surface area contributed by atoms with Gasteiger partial charge in [0.05, 0.1) is 24.1 Å². The van der Waals surface area contributed by atoms with E-state index in [1.807, 2.05) is 11.9 Å². The number of aliphatic hydroxyl groups is 1. The van der Waals surface area contributed by atoms with Gasteiger partial charge in [0.15, 0.2) is 17.3 Å².